The molecular formula is C24H47BO2. The number of rotatable bonds is 9. The molecule has 0 aromatic carbocycles. The van der Waals surface area contributed by atoms with Gasteiger partial charge in [0.15, 0.2) is 0 Å². The fourth-order valence-electron chi connectivity index (χ4n) is 4.50. The molecule has 0 heterocycles. The summed E-state index contributed by atoms with van der Waals surface area (Å²) in [6.45, 7) is 25.9. The number of ether oxygens (including phenoxy) is 1. The molecule has 0 aliphatic carbocycles. The zero-order valence-electron chi connectivity index (χ0n) is 20.5. The van der Waals surface area contributed by atoms with Gasteiger partial charge in [-0.3, -0.25) is 4.79 Å². The van der Waals surface area contributed by atoms with Gasteiger partial charge in [0.25, 0.3) is 0 Å². The first-order valence-electron chi connectivity index (χ1n) is 10.7. The molecule has 0 aromatic heterocycles. The van der Waals surface area contributed by atoms with E-state index in [4.69, 9.17) is 12.6 Å². The Balaban J connectivity index is 5.20. The largest absolute Gasteiger partial charge is 0.459 e. The van der Waals surface area contributed by atoms with E-state index in [1.807, 2.05) is 13.8 Å². The third-order valence-corrected chi connectivity index (χ3v) is 4.85. The summed E-state index contributed by atoms with van der Waals surface area (Å²) >= 11 is 0. The third kappa shape index (κ3) is 13.4. The summed E-state index contributed by atoms with van der Waals surface area (Å²) in [6.07, 6.45) is 3.63. The Hall–Kier alpha value is -0.465. The van der Waals surface area contributed by atoms with E-state index in [0.29, 0.717) is 5.92 Å². The fourth-order valence-corrected chi connectivity index (χ4v) is 4.50. The first kappa shape index (κ1) is 26.5. The van der Waals surface area contributed by atoms with Crippen molar-refractivity contribution in [2.45, 2.75) is 120 Å². The van der Waals surface area contributed by atoms with Crippen LogP contribution in [-0.4, -0.2) is 19.4 Å². The summed E-state index contributed by atoms with van der Waals surface area (Å²) in [6, 6.07) is 0. The van der Waals surface area contributed by atoms with Crippen molar-refractivity contribution < 1.29 is 9.53 Å². The Morgan fingerprint density at radius 2 is 1.22 bits per heavy atom. The van der Waals surface area contributed by atoms with Crippen molar-refractivity contribution in [3.63, 3.8) is 0 Å². The van der Waals surface area contributed by atoms with Crippen LogP contribution in [0.15, 0.2) is 0 Å². The topological polar surface area (TPSA) is 26.3 Å². The van der Waals surface area contributed by atoms with Crippen LogP contribution in [0.2, 0.25) is 5.31 Å². The van der Waals surface area contributed by atoms with Gasteiger partial charge >= 0.3 is 5.97 Å². The molecule has 3 unspecified atom stereocenters. The molecule has 3 heteroatoms. The zero-order valence-corrected chi connectivity index (χ0v) is 20.5. The molecule has 2 radical (unpaired) electrons. The molecule has 2 nitrogen and oxygen atoms in total. The molecule has 0 fully saturated rings. The molecule has 0 bridgehead atoms. The van der Waals surface area contributed by atoms with Gasteiger partial charge in [-0.25, -0.2) is 0 Å². The Labute approximate surface area is 172 Å². The maximum absolute atomic E-state index is 13.2. The van der Waals surface area contributed by atoms with Gasteiger partial charge in [0.1, 0.15) is 5.60 Å². The quantitative estimate of drug-likeness (QED) is 0.313. The normalized spacial score (nSPS) is 17.3. The number of hydrogen-bond acceptors (Lipinski definition) is 2. The summed E-state index contributed by atoms with van der Waals surface area (Å²) in [5.74, 6) is 0.522. The van der Waals surface area contributed by atoms with Crippen molar-refractivity contribution >= 4 is 13.8 Å². The molecule has 0 spiro atoms. The second-order valence-electron chi connectivity index (χ2n) is 12.8. The number of esters is 1. The molecule has 0 saturated heterocycles. The van der Waals surface area contributed by atoms with E-state index in [9.17, 15) is 4.79 Å². The first-order chi connectivity index (χ1) is 11.7. The van der Waals surface area contributed by atoms with Crippen LogP contribution in [0.5, 0.6) is 0 Å². The van der Waals surface area contributed by atoms with Gasteiger partial charge in [-0.05, 0) is 55.8 Å². The number of carbonyl (C=O) groups excluding carboxylic acids is 1. The van der Waals surface area contributed by atoms with E-state index in [1.165, 1.54) is 0 Å². The van der Waals surface area contributed by atoms with Crippen LogP contribution in [0.4, 0.5) is 0 Å². The van der Waals surface area contributed by atoms with Crippen molar-refractivity contribution in [3.8, 4) is 0 Å². The van der Waals surface area contributed by atoms with Crippen LogP contribution >= 0.6 is 0 Å². The van der Waals surface area contributed by atoms with E-state index in [2.05, 4.69) is 69.2 Å². The van der Waals surface area contributed by atoms with Crippen molar-refractivity contribution in [2.75, 3.05) is 0 Å². The summed E-state index contributed by atoms with van der Waals surface area (Å²) in [5, 5.41) is -0.285. The molecule has 27 heavy (non-hydrogen) atoms. The van der Waals surface area contributed by atoms with E-state index in [1.54, 1.807) is 0 Å². The molecule has 158 valence electrons. The molecule has 0 aliphatic rings. The first-order valence-corrected chi connectivity index (χ1v) is 10.7. The Bertz CT molecular complexity index is 460. The van der Waals surface area contributed by atoms with Gasteiger partial charge in [-0.2, -0.15) is 0 Å². The second-order valence-corrected chi connectivity index (χ2v) is 12.8. The van der Waals surface area contributed by atoms with Gasteiger partial charge in [-0.1, -0.05) is 81.0 Å². The van der Waals surface area contributed by atoms with Crippen LogP contribution in [0.3, 0.4) is 0 Å². The molecule has 0 amide bonds. The smallest absolute Gasteiger partial charge is 0.309 e. The highest BCUT2D eigenvalue weighted by atomic mass is 16.6. The second kappa shape index (κ2) is 9.36. The van der Waals surface area contributed by atoms with Crippen LogP contribution in [0.1, 0.15) is 109 Å². The van der Waals surface area contributed by atoms with Crippen molar-refractivity contribution in [3.05, 3.63) is 0 Å². The lowest BCUT2D eigenvalue weighted by molar-refractivity contribution is -0.166. The van der Waals surface area contributed by atoms with E-state index in [0.717, 1.165) is 25.7 Å². The average Bonchev–Trinajstić information content (AvgIpc) is 2.27. The highest BCUT2D eigenvalue weighted by Gasteiger charge is 2.36. The standard InChI is InChI=1S/C24H47BO2/c1-17(13-21(3,4)5)14-24(11,12)27-20(26)19(16-22(6,7)8)18(2)15-23(9,10)25/h17-19H,13-16H2,1-12H3. The molecule has 0 N–H and O–H groups in total. The van der Waals surface area contributed by atoms with Crippen molar-refractivity contribution in [2.24, 2.45) is 28.6 Å². The van der Waals surface area contributed by atoms with Crippen LogP contribution in [0.25, 0.3) is 0 Å². The molecule has 3 atom stereocenters. The summed E-state index contributed by atoms with van der Waals surface area (Å²) < 4.78 is 6.09. The van der Waals surface area contributed by atoms with Gasteiger partial charge in [-0.15, -0.1) is 0 Å². The molecule has 0 rings (SSSR count). The molecule has 0 saturated carbocycles. The van der Waals surface area contributed by atoms with E-state index < -0.39 is 5.60 Å². The van der Waals surface area contributed by atoms with E-state index >= 15 is 0 Å². The minimum Gasteiger partial charge on any atom is -0.459 e. The van der Waals surface area contributed by atoms with Gasteiger partial charge < -0.3 is 4.74 Å². The SMILES string of the molecule is [B]C(C)(C)CC(C)C(CC(C)(C)C)C(=O)OC(C)(C)CC(C)CC(C)(C)C. The predicted molar refractivity (Wildman–Crippen MR) is 119 cm³/mol. The van der Waals surface area contributed by atoms with Gasteiger partial charge in [0.05, 0.1) is 13.8 Å². The summed E-state index contributed by atoms with van der Waals surface area (Å²) in [4.78, 5) is 13.2. The van der Waals surface area contributed by atoms with Crippen LogP contribution in [0, 0.1) is 28.6 Å². The number of carbonyl (C=O) groups is 1. The number of hydrogen-bond donors (Lipinski definition) is 0. The monoisotopic (exact) mass is 378 g/mol. The van der Waals surface area contributed by atoms with E-state index in [-0.39, 0.29) is 33.9 Å². The van der Waals surface area contributed by atoms with Crippen molar-refractivity contribution in [1.82, 2.24) is 0 Å². The third-order valence-electron chi connectivity index (χ3n) is 4.85. The Morgan fingerprint density at radius 3 is 1.59 bits per heavy atom. The maximum atomic E-state index is 13.2. The zero-order chi connectivity index (χ0) is 21.8. The highest BCUT2D eigenvalue weighted by Crippen LogP contribution is 2.39. The minimum atomic E-state index is -0.449. The van der Waals surface area contributed by atoms with Crippen molar-refractivity contribution in [1.29, 1.82) is 0 Å². The summed E-state index contributed by atoms with van der Waals surface area (Å²) in [7, 11) is 6.24. The summed E-state index contributed by atoms with van der Waals surface area (Å²) in [5.41, 5.74) is -0.0916. The molecular weight excluding hydrogens is 331 g/mol. The highest BCUT2D eigenvalue weighted by molar-refractivity contribution is 6.14. The Kier molecular flexibility index (Phi) is 9.19. The fraction of sp³-hybridized carbons (Fsp3) is 0.958. The maximum Gasteiger partial charge on any atom is 0.309 e. The van der Waals surface area contributed by atoms with Gasteiger partial charge in [0.2, 0.25) is 0 Å². The Morgan fingerprint density at radius 1 is 0.778 bits per heavy atom. The molecule has 0 aromatic rings. The lowest BCUT2D eigenvalue weighted by atomic mass is 9.64. The predicted octanol–water partition coefficient (Wildman–Crippen LogP) is 7.22. The van der Waals surface area contributed by atoms with Gasteiger partial charge in [0, 0.05) is 0 Å². The van der Waals surface area contributed by atoms with Crippen LogP contribution < -0.4 is 0 Å². The molecule has 0 aliphatic heterocycles. The lowest BCUT2D eigenvalue weighted by Crippen LogP contribution is -2.37. The van der Waals surface area contributed by atoms with Crippen LogP contribution in [-0.2, 0) is 9.53 Å². The minimum absolute atomic E-state index is 0.0605. The average molecular weight is 378 g/mol. The lowest BCUT2D eigenvalue weighted by Gasteiger charge is -2.36.